The van der Waals surface area contributed by atoms with E-state index in [1.165, 1.54) is 0 Å². The highest BCUT2D eigenvalue weighted by Gasteiger charge is 2.31. The Morgan fingerprint density at radius 1 is 1.15 bits per heavy atom. The molecule has 2 amide bonds. The Labute approximate surface area is 112 Å². The molecule has 3 heterocycles. The second kappa shape index (κ2) is 4.60. The van der Waals surface area contributed by atoms with Gasteiger partial charge in [0.15, 0.2) is 0 Å². The number of nitrogens with zero attached hydrogens (tertiary/aromatic N) is 1. The van der Waals surface area contributed by atoms with E-state index in [9.17, 15) is 19.2 Å². The average molecular weight is 279 g/mol. The van der Waals surface area contributed by atoms with Gasteiger partial charge in [-0.2, -0.15) is 0 Å². The molecule has 9 heteroatoms. The molecule has 0 aromatic carbocycles. The molecule has 4 N–H and O–H groups in total. The van der Waals surface area contributed by atoms with Crippen molar-refractivity contribution >= 4 is 11.9 Å². The Morgan fingerprint density at radius 3 is 2.75 bits per heavy atom. The highest BCUT2D eigenvalue weighted by molar-refractivity contribution is 5.94. The van der Waals surface area contributed by atoms with Crippen molar-refractivity contribution in [1.29, 1.82) is 0 Å². The standard InChI is InChI=1S/C11H13N5O4/c17-8-5-4-16(11(20)15-9(5)18)10(19)14-7-6(13-8)2-1-3-12-7/h4,6-7,12H,1-3H2,(H,13,17)(H,14,19)(H,15,18,20). The third kappa shape index (κ3) is 2.01. The van der Waals surface area contributed by atoms with E-state index < -0.39 is 29.4 Å². The van der Waals surface area contributed by atoms with Crippen molar-refractivity contribution < 1.29 is 9.59 Å². The molecule has 0 spiro atoms. The number of aromatic amines is 1. The van der Waals surface area contributed by atoms with Gasteiger partial charge in [0.1, 0.15) is 11.7 Å². The van der Waals surface area contributed by atoms with Crippen LogP contribution < -0.4 is 27.2 Å². The number of nitrogens with one attached hydrogen (secondary N) is 4. The van der Waals surface area contributed by atoms with Crippen LogP contribution in [-0.4, -0.2) is 40.2 Å². The van der Waals surface area contributed by atoms with Crippen LogP contribution >= 0.6 is 0 Å². The van der Waals surface area contributed by atoms with Gasteiger partial charge >= 0.3 is 11.7 Å². The number of aromatic nitrogens is 2. The molecular formula is C11H13N5O4. The minimum Gasteiger partial charge on any atom is -0.346 e. The van der Waals surface area contributed by atoms with E-state index in [2.05, 4.69) is 16.0 Å². The zero-order valence-electron chi connectivity index (χ0n) is 10.4. The molecule has 3 rings (SSSR count). The Kier molecular flexibility index (Phi) is 2.90. The molecule has 0 radical (unpaired) electrons. The number of carbonyl (C=O) groups is 2. The predicted octanol–water partition coefficient (Wildman–Crippen LogP) is -2.08. The van der Waals surface area contributed by atoms with E-state index in [1.54, 1.807) is 0 Å². The van der Waals surface area contributed by atoms with Crippen LogP contribution in [0, 0.1) is 0 Å². The fourth-order valence-electron chi connectivity index (χ4n) is 2.43. The summed E-state index contributed by atoms with van der Waals surface area (Å²) in [4.78, 5) is 49.3. The summed E-state index contributed by atoms with van der Waals surface area (Å²) >= 11 is 0. The average Bonchev–Trinajstić information content (AvgIpc) is 2.44. The van der Waals surface area contributed by atoms with Crippen LogP contribution in [0.5, 0.6) is 0 Å². The summed E-state index contributed by atoms with van der Waals surface area (Å²) in [6.07, 6.45) is 2.00. The van der Waals surface area contributed by atoms with Gasteiger partial charge in [0.05, 0.1) is 6.04 Å². The molecule has 1 aromatic heterocycles. The van der Waals surface area contributed by atoms with Gasteiger partial charge in [0.25, 0.3) is 11.5 Å². The van der Waals surface area contributed by atoms with Gasteiger partial charge in [-0.1, -0.05) is 0 Å². The van der Waals surface area contributed by atoms with Crippen molar-refractivity contribution in [3.63, 3.8) is 0 Å². The summed E-state index contributed by atoms with van der Waals surface area (Å²) in [5.74, 6) is -0.602. The first-order valence-electron chi connectivity index (χ1n) is 6.27. The predicted molar refractivity (Wildman–Crippen MR) is 67.5 cm³/mol. The van der Waals surface area contributed by atoms with Gasteiger partial charge in [-0.15, -0.1) is 0 Å². The molecule has 106 valence electrons. The minimum absolute atomic E-state index is 0.258. The van der Waals surface area contributed by atoms with Gasteiger partial charge < -0.3 is 10.6 Å². The maximum absolute atomic E-state index is 12.1. The number of hydrogen-bond donors (Lipinski definition) is 4. The van der Waals surface area contributed by atoms with Crippen LogP contribution in [0.3, 0.4) is 0 Å². The fraction of sp³-hybridized carbons (Fsp3) is 0.455. The topological polar surface area (TPSA) is 125 Å². The monoisotopic (exact) mass is 279 g/mol. The van der Waals surface area contributed by atoms with Crippen molar-refractivity contribution in [3.05, 3.63) is 32.6 Å². The van der Waals surface area contributed by atoms with Crippen molar-refractivity contribution in [1.82, 2.24) is 25.5 Å². The summed E-state index contributed by atoms with van der Waals surface area (Å²) in [6.45, 7) is 0.697. The first kappa shape index (κ1) is 12.6. The lowest BCUT2D eigenvalue weighted by Gasteiger charge is -2.32. The summed E-state index contributed by atoms with van der Waals surface area (Å²) in [5.41, 5.74) is -1.94. The van der Waals surface area contributed by atoms with Crippen molar-refractivity contribution in [2.75, 3.05) is 6.54 Å². The van der Waals surface area contributed by atoms with E-state index in [-0.39, 0.29) is 11.6 Å². The Balaban J connectivity index is 2.11. The summed E-state index contributed by atoms with van der Waals surface area (Å²) in [6, 6.07) is -1.02. The van der Waals surface area contributed by atoms with E-state index in [0.717, 1.165) is 12.6 Å². The SMILES string of the molecule is O=C1NC2CCCNC2NC(=O)n2cc1c(=O)[nH]c2=O. The molecule has 9 nitrogen and oxygen atoms in total. The second-order valence-corrected chi connectivity index (χ2v) is 4.78. The highest BCUT2D eigenvalue weighted by Crippen LogP contribution is 2.09. The summed E-state index contributed by atoms with van der Waals surface area (Å²) in [5, 5.41) is 8.39. The van der Waals surface area contributed by atoms with Crippen molar-refractivity contribution in [2.24, 2.45) is 0 Å². The van der Waals surface area contributed by atoms with Crippen LogP contribution in [-0.2, 0) is 0 Å². The van der Waals surface area contributed by atoms with Gasteiger partial charge in [0, 0.05) is 6.20 Å². The quantitative estimate of drug-likeness (QED) is 0.433. The number of carbonyl (C=O) groups excluding carboxylic acids is 2. The van der Waals surface area contributed by atoms with Crippen LogP contribution in [0.4, 0.5) is 4.79 Å². The Bertz CT molecular complexity index is 636. The van der Waals surface area contributed by atoms with Crippen LogP contribution in [0.25, 0.3) is 0 Å². The summed E-state index contributed by atoms with van der Waals surface area (Å²) in [7, 11) is 0. The van der Waals surface area contributed by atoms with Crippen LogP contribution in [0.2, 0.25) is 0 Å². The zero-order valence-corrected chi connectivity index (χ0v) is 10.4. The minimum atomic E-state index is -0.877. The molecule has 20 heavy (non-hydrogen) atoms. The fourth-order valence-corrected chi connectivity index (χ4v) is 2.43. The number of H-pyrrole nitrogens is 1. The number of piperidine rings is 1. The molecule has 1 saturated heterocycles. The molecule has 2 bridgehead atoms. The smallest absolute Gasteiger partial charge is 0.336 e. The molecule has 2 aliphatic heterocycles. The molecular weight excluding hydrogens is 266 g/mol. The lowest BCUT2D eigenvalue weighted by atomic mass is 10.0. The molecule has 2 aliphatic rings. The van der Waals surface area contributed by atoms with Gasteiger partial charge in [-0.05, 0) is 19.4 Å². The Hall–Kier alpha value is -2.42. The van der Waals surface area contributed by atoms with E-state index >= 15 is 0 Å². The number of rotatable bonds is 0. The zero-order chi connectivity index (χ0) is 14.3. The van der Waals surface area contributed by atoms with Crippen LogP contribution in [0.15, 0.2) is 15.8 Å². The normalized spacial score (nSPS) is 25.6. The molecule has 0 saturated carbocycles. The van der Waals surface area contributed by atoms with E-state index in [0.29, 0.717) is 17.5 Å². The lowest BCUT2D eigenvalue weighted by Crippen LogP contribution is -2.61. The van der Waals surface area contributed by atoms with Crippen LogP contribution in [0.1, 0.15) is 23.2 Å². The maximum atomic E-state index is 12.1. The number of hydrogen-bond acceptors (Lipinski definition) is 5. The molecule has 1 fully saturated rings. The number of fused-ring (bicyclic) bond motifs is 3. The van der Waals surface area contributed by atoms with Gasteiger partial charge in [-0.25, -0.2) is 14.2 Å². The first-order valence-corrected chi connectivity index (χ1v) is 6.27. The molecule has 2 atom stereocenters. The second-order valence-electron chi connectivity index (χ2n) is 4.78. The van der Waals surface area contributed by atoms with E-state index in [4.69, 9.17) is 0 Å². The largest absolute Gasteiger partial charge is 0.346 e. The third-order valence-corrected chi connectivity index (χ3v) is 3.46. The first-order chi connectivity index (χ1) is 9.56. The summed E-state index contributed by atoms with van der Waals surface area (Å²) < 4.78 is 0.689. The van der Waals surface area contributed by atoms with Crippen molar-refractivity contribution in [3.8, 4) is 0 Å². The van der Waals surface area contributed by atoms with Crippen molar-refractivity contribution in [2.45, 2.75) is 25.0 Å². The van der Waals surface area contributed by atoms with Gasteiger partial charge in [-0.3, -0.25) is 19.9 Å². The lowest BCUT2D eigenvalue weighted by molar-refractivity contribution is 0.0912. The molecule has 0 aliphatic carbocycles. The highest BCUT2D eigenvalue weighted by atomic mass is 16.2. The number of amides is 2. The van der Waals surface area contributed by atoms with E-state index in [1.807, 2.05) is 4.98 Å². The maximum Gasteiger partial charge on any atom is 0.336 e. The molecule has 2 unspecified atom stereocenters. The third-order valence-electron chi connectivity index (χ3n) is 3.46. The Morgan fingerprint density at radius 2 is 1.95 bits per heavy atom. The van der Waals surface area contributed by atoms with Gasteiger partial charge in [0.2, 0.25) is 0 Å². The molecule has 1 aromatic rings.